The Kier molecular flexibility index (Phi) is 7.29. The van der Waals surface area contributed by atoms with Crippen molar-refractivity contribution in [1.29, 1.82) is 0 Å². The summed E-state index contributed by atoms with van der Waals surface area (Å²) < 4.78 is 32.8. The maximum Gasteiger partial charge on any atom is 0.354 e. The van der Waals surface area contributed by atoms with Gasteiger partial charge in [-0.25, -0.2) is 13.6 Å². The molecule has 0 radical (unpaired) electrons. The molecule has 4 heterocycles. The van der Waals surface area contributed by atoms with Crippen LogP contribution in [-0.4, -0.2) is 61.1 Å². The van der Waals surface area contributed by atoms with Crippen molar-refractivity contribution in [2.24, 2.45) is 0 Å². The molecule has 11 heteroatoms. The third kappa shape index (κ3) is 4.71. The molecule has 0 aliphatic carbocycles. The highest BCUT2D eigenvalue weighted by atomic mass is 19.1. The second-order valence-electron chi connectivity index (χ2n) is 10.4. The van der Waals surface area contributed by atoms with Crippen LogP contribution in [0.25, 0.3) is 27.8 Å². The van der Waals surface area contributed by atoms with E-state index < -0.39 is 34.3 Å². The number of benzene rings is 1. The fourth-order valence-corrected chi connectivity index (χ4v) is 5.39. The molecule has 0 saturated carbocycles. The van der Waals surface area contributed by atoms with Gasteiger partial charge in [-0.15, -0.1) is 0 Å². The number of amides is 1. The summed E-state index contributed by atoms with van der Waals surface area (Å²) in [5, 5.41) is 10.7. The lowest BCUT2D eigenvalue weighted by Gasteiger charge is -2.40. The Balaban J connectivity index is 1.84. The number of hydrogen-bond donors (Lipinski definition) is 1. The fourth-order valence-electron chi connectivity index (χ4n) is 5.39. The topological polar surface area (TPSA) is 104 Å². The monoisotopic (exact) mass is 560 g/mol. The molecule has 1 saturated heterocycles. The van der Waals surface area contributed by atoms with E-state index >= 15 is 4.39 Å². The zero-order valence-electron chi connectivity index (χ0n) is 23.2. The maximum absolute atomic E-state index is 16.7. The lowest BCUT2D eigenvalue weighted by Crippen LogP contribution is -2.54. The second kappa shape index (κ2) is 10.7. The number of nitrogens with zero attached hydrogens (tertiary/aromatic N) is 6. The van der Waals surface area contributed by atoms with Crippen molar-refractivity contribution >= 4 is 22.6 Å². The summed E-state index contributed by atoms with van der Waals surface area (Å²) in [5.74, 6) is -2.48. The van der Waals surface area contributed by atoms with Gasteiger partial charge in [-0.3, -0.25) is 19.3 Å². The highest BCUT2D eigenvalue weighted by Gasteiger charge is 2.31. The first-order valence-corrected chi connectivity index (χ1v) is 13.3. The van der Waals surface area contributed by atoms with Crippen LogP contribution in [0.15, 0.2) is 54.1 Å². The number of carbonyl (C=O) groups is 1. The molecule has 1 aliphatic rings. The van der Waals surface area contributed by atoms with Crippen LogP contribution in [0.3, 0.4) is 0 Å². The average Bonchev–Trinajstić information content (AvgIpc) is 2.93. The third-order valence-electron chi connectivity index (χ3n) is 7.39. The number of aromatic hydroxyl groups is 1. The summed E-state index contributed by atoms with van der Waals surface area (Å²) in [7, 11) is 0. The van der Waals surface area contributed by atoms with E-state index in [1.807, 2.05) is 25.7 Å². The van der Waals surface area contributed by atoms with E-state index in [1.165, 1.54) is 24.4 Å². The number of fused-ring (bicyclic) bond motifs is 1. The van der Waals surface area contributed by atoms with Gasteiger partial charge in [0.05, 0.1) is 22.3 Å². The van der Waals surface area contributed by atoms with Gasteiger partial charge in [0.1, 0.15) is 28.6 Å². The lowest BCUT2D eigenvalue weighted by atomic mass is 10.0. The molecule has 1 atom stereocenters. The zero-order chi connectivity index (χ0) is 29.6. The third-order valence-corrected chi connectivity index (χ3v) is 7.39. The van der Waals surface area contributed by atoms with E-state index in [0.29, 0.717) is 36.6 Å². The Labute approximate surface area is 235 Å². The minimum atomic E-state index is -0.991. The summed E-state index contributed by atoms with van der Waals surface area (Å²) >= 11 is 0. The van der Waals surface area contributed by atoms with Crippen LogP contribution >= 0.6 is 0 Å². The Morgan fingerprint density at radius 2 is 1.95 bits per heavy atom. The molecule has 41 heavy (non-hydrogen) atoms. The first kappa shape index (κ1) is 27.9. The fraction of sp³-hybridized carbons (Fsp3) is 0.300. The van der Waals surface area contributed by atoms with Crippen molar-refractivity contribution in [3.8, 4) is 22.7 Å². The van der Waals surface area contributed by atoms with Crippen LogP contribution in [0.4, 0.5) is 14.6 Å². The van der Waals surface area contributed by atoms with Crippen molar-refractivity contribution in [3.05, 3.63) is 82.7 Å². The van der Waals surface area contributed by atoms with Crippen LogP contribution < -0.4 is 10.6 Å². The van der Waals surface area contributed by atoms with E-state index in [2.05, 4.69) is 21.5 Å². The summed E-state index contributed by atoms with van der Waals surface area (Å²) in [6, 6.07) is 5.08. The quantitative estimate of drug-likeness (QED) is 0.359. The summed E-state index contributed by atoms with van der Waals surface area (Å²) in [5.41, 5.74) is -0.183. The molecule has 212 valence electrons. The van der Waals surface area contributed by atoms with Crippen molar-refractivity contribution in [2.45, 2.75) is 39.7 Å². The van der Waals surface area contributed by atoms with Crippen LogP contribution in [0.2, 0.25) is 0 Å². The smallest absolute Gasteiger partial charge is 0.354 e. The molecule has 9 nitrogen and oxygen atoms in total. The predicted molar refractivity (Wildman–Crippen MR) is 152 cm³/mol. The molecule has 0 unspecified atom stereocenters. The number of aromatic nitrogens is 4. The van der Waals surface area contributed by atoms with Crippen LogP contribution in [0.5, 0.6) is 5.75 Å². The van der Waals surface area contributed by atoms with E-state index in [9.17, 15) is 19.1 Å². The number of phenolic OH excluding ortho intramolecular Hbond substituents is 1. The van der Waals surface area contributed by atoms with Crippen molar-refractivity contribution in [3.63, 3.8) is 0 Å². The van der Waals surface area contributed by atoms with Gasteiger partial charge in [0, 0.05) is 38.1 Å². The number of aryl methyl sites for hydroxylation is 1. The zero-order valence-corrected chi connectivity index (χ0v) is 23.2. The van der Waals surface area contributed by atoms with E-state index in [0.717, 1.165) is 10.6 Å². The Morgan fingerprint density at radius 1 is 1.20 bits per heavy atom. The van der Waals surface area contributed by atoms with Gasteiger partial charge in [0.15, 0.2) is 5.82 Å². The largest absolute Gasteiger partial charge is 0.507 e. The van der Waals surface area contributed by atoms with Gasteiger partial charge in [0.2, 0.25) is 5.91 Å². The molecule has 1 aromatic carbocycles. The predicted octanol–water partition coefficient (Wildman–Crippen LogP) is 4.48. The molecular formula is C30H30F2N6O3. The molecule has 4 aromatic rings. The number of halogens is 2. The number of rotatable bonds is 5. The van der Waals surface area contributed by atoms with E-state index in [4.69, 9.17) is 0 Å². The van der Waals surface area contributed by atoms with E-state index in [-0.39, 0.29) is 34.6 Å². The van der Waals surface area contributed by atoms with Crippen molar-refractivity contribution < 1.29 is 18.7 Å². The molecule has 1 fully saturated rings. The second-order valence-corrected chi connectivity index (χ2v) is 10.4. The van der Waals surface area contributed by atoms with Gasteiger partial charge in [-0.2, -0.15) is 4.98 Å². The molecular weight excluding hydrogens is 530 g/mol. The molecule has 5 rings (SSSR count). The van der Waals surface area contributed by atoms with Gasteiger partial charge < -0.3 is 14.9 Å². The maximum atomic E-state index is 16.7. The molecule has 0 bridgehead atoms. The number of pyridine rings is 2. The first-order chi connectivity index (χ1) is 19.5. The summed E-state index contributed by atoms with van der Waals surface area (Å²) in [6.07, 6.45) is 4.21. The number of phenols is 1. The Bertz CT molecular complexity index is 1730. The van der Waals surface area contributed by atoms with Gasteiger partial charge >= 0.3 is 5.69 Å². The minimum absolute atomic E-state index is 0.123. The Morgan fingerprint density at radius 3 is 2.61 bits per heavy atom. The molecule has 0 spiro atoms. The average molecular weight is 561 g/mol. The van der Waals surface area contributed by atoms with Crippen molar-refractivity contribution in [2.75, 3.05) is 24.5 Å². The van der Waals surface area contributed by atoms with Crippen LogP contribution in [-0.2, 0) is 4.79 Å². The normalized spacial score (nSPS) is 15.5. The molecule has 1 N–H and O–H groups in total. The SMILES string of the molecule is C=CC(=O)N1CCN(c2nc(=O)n(-c3c(C)ccnc3C(C)C)c3c(F)c(-c4c(O)cccc4F)ncc23)[C@@H](C)C1. The number of carbonyl (C=O) groups excluding carboxylic acids is 1. The van der Waals surface area contributed by atoms with Gasteiger partial charge in [-0.1, -0.05) is 26.5 Å². The first-order valence-electron chi connectivity index (χ1n) is 13.3. The highest BCUT2D eigenvalue weighted by molar-refractivity contribution is 5.94. The number of anilines is 1. The molecule has 1 amide bonds. The van der Waals surface area contributed by atoms with Crippen LogP contribution in [0, 0.1) is 18.6 Å². The van der Waals surface area contributed by atoms with E-state index in [1.54, 1.807) is 24.1 Å². The highest BCUT2D eigenvalue weighted by Crippen LogP contribution is 2.38. The Hall–Kier alpha value is -4.67. The number of hydrogen-bond acceptors (Lipinski definition) is 7. The van der Waals surface area contributed by atoms with Gasteiger partial charge in [-0.05, 0) is 49.6 Å². The minimum Gasteiger partial charge on any atom is -0.507 e. The van der Waals surface area contributed by atoms with Gasteiger partial charge in [0.25, 0.3) is 0 Å². The lowest BCUT2D eigenvalue weighted by molar-refractivity contribution is -0.126. The van der Waals surface area contributed by atoms with Crippen molar-refractivity contribution in [1.82, 2.24) is 24.4 Å². The molecule has 1 aliphatic heterocycles. The standard InChI is InChI=1S/C30H30F2N6O3/c1-6-22(40)36-12-13-37(18(5)15-36)29-19-14-34-26(23-20(31)8-7-9-21(23)39)24(32)28(19)38(30(41)35-29)27-17(4)10-11-33-25(27)16(2)3/h6-11,14,16,18,39H,1,12-13,15H2,2-5H3/t18-/m0/s1. The number of piperazine rings is 1. The summed E-state index contributed by atoms with van der Waals surface area (Å²) in [4.78, 5) is 42.7. The van der Waals surface area contributed by atoms with Crippen LogP contribution in [0.1, 0.15) is 37.9 Å². The summed E-state index contributed by atoms with van der Waals surface area (Å²) in [6.45, 7) is 12.0. The molecule has 3 aromatic heterocycles.